The van der Waals surface area contributed by atoms with E-state index in [-0.39, 0.29) is 6.09 Å². The van der Waals surface area contributed by atoms with Crippen molar-refractivity contribution in [2.45, 2.75) is 39.8 Å². The van der Waals surface area contributed by atoms with Crippen molar-refractivity contribution < 1.29 is 14.3 Å². The van der Waals surface area contributed by atoms with Gasteiger partial charge in [0.2, 0.25) is 5.88 Å². The second-order valence-electron chi connectivity index (χ2n) is 8.29. The lowest BCUT2D eigenvalue weighted by atomic mass is 10.0. The highest BCUT2D eigenvalue weighted by Crippen LogP contribution is 2.32. The summed E-state index contributed by atoms with van der Waals surface area (Å²) in [7, 11) is 0. The number of nitrogens with zero attached hydrogens (tertiary/aromatic N) is 3. The summed E-state index contributed by atoms with van der Waals surface area (Å²) in [5.74, 6) is 0.627. The maximum absolute atomic E-state index is 12.3. The number of nitrogens with two attached hydrogens (primary N) is 1. The fourth-order valence-corrected chi connectivity index (χ4v) is 3.54. The Labute approximate surface area is 178 Å². The normalized spacial score (nSPS) is 14.6. The molecule has 2 heterocycles. The lowest BCUT2D eigenvalue weighted by Gasteiger charge is -2.37. The van der Waals surface area contributed by atoms with Crippen LogP contribution in [0, 0.1) is 0 Å². The van der Waals surface area contributed by atoms with Gasteiger partial charge in [-0.1, -0.05) is 6.07 Å². The predicted octanol–water partition coefficient (Wildman–Crippen LogP) is 3.66. The van der Waals surface area contributed by atoms with Crippen molar-refractivity contribution in [3.8, 4) is 17.0 Å². The molecule has 0 radical (unpaired) electrons. The number of pyridine rings is 1. The molecule has 1 saturated heterocycles. The molecule has 7 heteroatoms. The molecule has 1 fully saturated rings. The van der Waals surface area contributed by atoms with Gasteiger partial charge in [-0.05, 0) is 63.1 Å². The van der Waals surface area contributed by atoms with Gasteiger partial charge in [-0.15, -0.1) is 0 Å². The number of benzene rings is 1. The van der Waals surface area contributed by atoms with Gasteiger partial charge in [0, 0.05) is 50.2 Å². The minimum atomic E-state index is -0.483. The average Bonchev–Trinajstić information content (AvgIpc) is 2.73. The van der Waals surface area contributed by atoms with Crippen LogP contribution in [0.25, 0.3) is 11.1 Å². The quantitative estimate of drug-likeness (QED) is 0.807. The summed E-state index contributed by atoms with van der Waals surface area (Å²) in [4.78, 5) is 20.7. The topological polar surface area (TPSA) is 80.9 Å². The lowest BCUT2D eigenvalue weighted by molar-refractivity contribution is 0.0240. The molecule has 0 unspecified atom stereocenters. The average molecular weight is 413 g/mol. The van der Waals surface area contributed by atoms with Crippen LogP contribution < -0.4 is 15.4 Å². The van der Waals surface area contributed by atoms with Crippen LogP contribution in [0.5, 0.6) is 5.88 Å². The molecule has 7 nitrogen and oxygen atoms in total. The molecule has 0 bridgehead atoms. The van der Waals surface area contributed by atoms with Crippen molar-refractivity contribution in [2.75, 3.05) is 37.7 Å². The smallest absolute Gasteiger partial charge is 0.410 e. The maximum Gasteiger partial charge on any atom is 0.410 e. The van der Waals surface area contributed by atoms with Crippen LogP contribution in [0.15, 0.2) is 36.5 Å². The van der Waals surface area contributed by atoms with Gasteiger partial charge >= 0.3 is 6.09 Å². The number of amides is 1. The Bertz CT molecular complexity index is 871. The third kappa shape index (κ3) is 5.21. The van der Waals surface area contributed by atoms with E-state index in [0.717, 1.165) is 35.5 Å². The van der Waals surface area contributed by atoms with E-state index < -0.39 is 5.60 Å². The Morgan fingerprint density at radius 1 is 1.17 bits per heavy atom. The number of hydrogen-bond donors (Lipinski definition) is 1. The van der Waals surface area contributed by atoms with Crippen molar-refractivity contribution in [3.05, 3.63) is 42.1 Å². The van der Waals surface area contributed by atoms with Crippen LogP contribution in [0.2, 0.25) is 0 Å². The molecule has 2 aromatic rings. The van der Waals surface area contributed by atoms with Crippen molar-refractivity contribution in [2.24, 2.45) is 5.73 Å². The molecule has 3 rings (SSSR count). The van der Waals surface area contributed by atoms with Gasteiger partial charge in [0.15, 0.2) is 0 Å². The van der Waals surface area contributed by atoms with Crippen molar-refractivity contribution >= 4 is 11.8 Å². The molecule has 1 aliphatic rings. The molecule has 1 aromatic heterocycles. The molecular formula is C23H32N4O3. The fourth-order valence-electron chi connectivity index (χ4n) is 3.54. The highest BCUT2D eigenvalue weighted by Gasteiger charge is 2.26. The molecule has 0 aliphatic carbocycles. The molecule has 30 heavy (non-hydrogen) atoms. The largest absolute Gasteiger partial charge is 0.478 e. The number of carbonyl (C=O) groups excluding carboxylic acids is 1. The molecular weight excluding hydrogens is 380 g/mol. The van der Waals surface area contributed by atoms with E-state index in [9.17, 15) is 4.79 Å². The minimum Gasteiger partial charge on any atom is -0.478 e. The standard InChI is InChI=1S/C23H32N4O3/c1-5-29-21-19(7-6-10-25-21)17-8-9-20(18(15-17)16-24)26-11-13-27(14-12-26)22(28)30-23(2,3)4/h6-10,15H,5,11-14,16,24H2,1-4H3. The number of rotatable bonds is 5. The number of hydrogen-bond acceptors (Lipinski definition) is 6. The van der Waals surface area contributed by atoms with E-state index in [1.807, 2.05) is 39.8 Å². The predicted molar refractivity (Wildman–Crippen MR) is 119 cm³/mol. The monoisotopic (exact) mass is 412 g/mol. The highest BCUT2D eigenvalue weighted by atomic mass is 16.6. The molecule has 0 saturated carbocycles. The summed E-state index contributed by atoms with van der Waals surface area (Å²) < 4.78 is 11.2. The fraction of sp³-hybridized carbons (Fsp3) is 0.478. The van der Waals surface area contributed by atoms with E-state index in [1.54, 1.807) is 11.1 Å². The first-order valence-corrected chi connectivity index (χ1v) is 10.5. The highest BCUT2D eigenvalue weighted by molar-refractivity contribution is 5.73. The van der Waals surface area contributed by atoms with Gasteiger partial charge in [-0.2, -0.15) is 0 Å². The molecule has 1 aliphatic heterocycles. The van der Waals surface area contributed by atoms with Crippen LogP contribution in [0.3, 0.4) is 0 Å². The zero-order valence-electron chi connectivity index (χ0n) is 18.4. The van der Waals surface area contributed by atoms with Crippen LogP contribution in [-0.2, 0) is 11.3 Å². The van der Waals surface area contributed by atoms with E-state index >= 15 is 0 Å². The van der Waals surface area contributed by atoms with E-state index in [2.05, 4.69) is 28.1 Å². The molecule has 1 amide bonds. The molecule has 2 N–H and O–H groups in total. The third-order valence-corrected chi connectivity index (χ3v) is 4.93. The first kappa shape index (κ1) is 21.9. The van der Waals surface area contributed by atoms with Crippen LogP contribution >= 0.6 is 0 Å². The zero-order chi connectivity index (χ0) is 21.7. The third-order valence-electron chi connectivity index (χ3n) is 4.93. The summed E-state index contributed by atoms with van der Waals surface area (Å²) >= 11 is 0. The Morgan fingerprint density at radius 2 is 1.90 bits per heavy atom. The van der Waals surface area contributed by atoms with Gasteiger partial charge in [0.25, 0.3) is 0 Å². The SMILES string of the molecule is CCOc1ncccc1-c1ccc(N2CCN(C(=O)OC(C)(C)C)CC2)c(CN)c1. The first-order chi connectivity index (χ1) is 14.3. The Kier molecular flexibility index (Phi) is 6.82. The second-order valence-corrected chi connectivity index (χ2v) is 8.29. The summed E-state index contributed by atoms with van der Waals surface area (Å²) in [5, 5.41) is 0. The maximum atomic E-state index is 12.3. The molecule has 1 aromatic carbocycles. The second kappa shape index (κ2) is 9.34. The summed E-state index contributed by atoms with van der Waals surface area (Å²) in [5.41, 5.74) is 9.75. The minimum absolute atomic E-state index is 0.253. The van der Waals surface area contributed by atoms with Crippen LogP contribution in [0.4, 0.5) is 10.5 Å². The zero-order valence-corrected chi connectivity index (χ0v) is 18.4. The van der Waals surface area contributed by atoms with E-state index in [0.29, 0.717) is 32.1 Å². The van der Waals surface area contributed by atoms with Crippen LogP contribution in [-0.4, -0.2) is 54.4 Å². The van der Waals surface area contributed by atoms with Crippen molar-refractivity contribution in [1.82, 2.24) is 9.88 Å². The lowest BCUT2D eigenvalue weighted by Crippen LogP contribution is -2.50. The molecule has 162 valence electrons. The number of ether oxygens (including phenoxy) is 2. The number of anilines is 1. The summed E-state index contributed by atoms with van der Waals surface area (Å²) in [6, 6.07) is 10.2. The first-order valence-electron chi connectivity index (χ1n) is 10.5. The number of piperazine rings is 1. The van der Waals surface area contributed by atoms with E-state index in [4.69, 9.17) is 15.2 Å². The van der Waals surface area contributed by atoms with Crippen molar-refractivity contribution in [3.63, 3.8) is 0 Å². The van der Waals surface area contributed by atoms with Gasteiger partial charge in [-0.3, -0.25) is 0 Å². The number of carbonyl (C=O) groups is 1. The number of aromatic nitrogens is 1. The van der Waals surface area contributed by atoms with Gasteiger partial charge in [0.1, 0.15) is 5.60 Å². The molecule has 0 spiro atoms. The Balaban J connectivity index is 1.75. The van der Waals surface area contributed by atoms with Crippen molar-refractivity contribution in [1.29, 1.82) is 0 Å². The summed E-state index contributed by atoms with van der Waals surface area (Å²) in [6.07, 6.45) is 1.48. The van der Waals surface area contributed by atoms with Gasteiger partial charge < -0.3 is 25.0 Å². The Morgan fingerprint density at radius 3 is 2.53 bits per heavy atom. The van der Waals surface area contributed by atoms with Gasteiger partial charge in [0.05, 0.1) is 6.61 Å². The molecule has 0 atom stereocenters. The Hall–Kier alpha value is -2.80. The summed E-state index contributed by atoms with van der Waals surface area (Å²) in [6.45, 7) is 11.3. The van der Waals surface area contributed by atoms with Gasteiger partial charge in [-0.25, -0.2) is 9.78 Å². The van der Waals surface area contributed by atoms with Crippen LogP contribution in [0.1, 0.15) is 33.3 Å². The van der Waals surface area contributed by atoms with E-state index in [1.165, 1.54) is 0 Å².